The first-order valence-electron chi connectivity index (χ1n) is 6.89. The molecule has 1 atom stereocenters. The van der Waals surface area contributed by atoms with E-state index in [2.05, 4.69) is 6.07 Å². The Morgan fingerprint density at radius 1 is 1.24 bits per heavy atom. The summed E-state index contributed by atoms with van der Waals surface area (Å²) in [6.45, 7) is 4.40. The van der Waals surface area contributed by atoms with Gasteiger partial charge in [0, 0.05) is 24.8 Å². The van der Waals surface area contributed by atoms with Gasteiger partial charge in [0.05, 0.1) is 11.1 Å². The van der Waals surface area contributed by atoms with Gasteiger partial charge < -0.3 is 10.6 Å². The SMILES string of the molecule is Cc1ccc(N(C)C(CN)c2cccc(Cl)c2F)c(C)c1. The Morgan fingerprint density at radius 3 is 2.57 bits per heavy atom. The molecule has 0 aliphatic carbocycles. The Balaban J connectivity index is 2.43. The molecule has 0 fully saturated rings. The molecular formula is C17H20ClFN2. The summed E-state index contributed by atoms with van der Waals surface area (Å²) in [5.74, 6) is -0.397. The molecule has 0 amide bonds. The summed E-state index contributed by atoms with van der Waals surface area (Å²) in [5, 5.41) is 0.125. The molecule has 0 saturated heterocycles. The van der Waals surface area contributed by atoms with Crippen molar-refractivity contribution in [3.05, 3.63) is 63.9 Å². The number of aryl methyl sites for hydroxylation is 2. The zero-order valence-corrected chi connectivity index (χ0v) is 13.3. The van der Waals surface area contributed by atoms with Crippen LogP contribution in [0.2, 0.25) is 5.02 Å². The minimum atomic E-state index is -0.397. The number of hydrogen-bond acceptors (Lipinski definition) is 2. The van der Waals surface area contributed by atoms with Crippen LogP contribution in [-0.4, -0.2) is 13.6 Å². The van der Waals surface area contributed by atoms with Crippen molar-refractivity contribution in [2.45, 2.75) is 19.9 Å². The fourth-order valence-corrected chi connectivity index (χ4v) is 2.82. The maximum absolute atomic E-state index is 14.3. The second kappa shape index (κ2) is 6.46. The van der Waals surface area contributed by atoms with Gasteiger partial charge in [-0.25, -0.2) is 4.39 Å². The van der Waals surface area contributed by atoms with Crippen LogP contribution in [0.25, 0.3) is 0 Å². The van der Waals surface area contributed by atoms with E-state index in [0.717, 1.165) is 11.3 Å². The van der Waals surface area contributed by atoms with E-state index in [1.807, 2.05) is 37.9 Å². The third-order valence-electron chi connectivity index (χ3n) is 3.76. The predicted molar refractivity (Wildman–Crippen MR) is 87.5 cm³/mol. The van der Waals surface area contributed by atoms with Crippen molar-refractivity contribution in [3.63, 3.8) is 0 Å². The van der Waals surface area contributed by atoms with Crippen molar-refractivity contribution in [3.8, 4) is 0 Å². The largest absolute Gasteiger partial charge is 0.366 e. The Labute approximate surface area is 130 Å². The topological polar surface area (TPSA) is 29.3 Å². The van der Waals surface area contributed by atoms with Crippen LogP contribution in [0.3, 0.4) is 0 Å². The molecule has 2 nitrogen and oxygen atoms in total. The molecule has 2 N–H and O–H groups in total. The number of nitrogens with zero attached hydrogens (tertiary/aromatic N) is 1. The molecule has 0 spiro atoms. The number of nitrogens with two attached hydrogens (primary N) is 1. The van der Waals surface area contributed by atoms with E-state index in [1.165, 1.54) is 5.56 Å². The molecule has 4 heteroatoms. The molecule has 112 valence electrons. The van der Waals surface area contributed by atoms with Gasteiger partial charge in [-0.05, 0) is 31.5 Å². The van der Waals surface area contributed by atoms with Gasteiger partial charge in [-0.3, -0.25) is 0 Å². The van der Waals surface area contributed by atoms with Crippen LogP contribution < -0.4 is 10.6 Å². The Morgan fingerprint density at radius 2 is 1.95 bits per heavy atom. The van der Waals surface area contributed by atoms with Crippen molar-refractivity contribution in [2.75, 3.05) is 18.5 Å². The molecule has 0 radical (unpaired) electrons. The smallest absolute Gasteiger partial charge is 0.147 e. The predicted octanol–water partition coefficient (Wildman–Crippen LogP) is 4.23. The minimum absolute atomic E-state index is 0.125. The summed E-state index contributed by atoms with van der Waals surface area (Å²) in [6, 6.07) is 11.0. The Bertz CT molecular complexity index is 643. The third-order valence-corrected chi connectivity index (χ3v) is 4.06. The summed E-state index contributed by atoms with van der Waals surface area (Å²) in [4.78, 5) is 2.00. The molecule has 1 unspecified atom stereocenters. The fraction of sp³-hybridized carbons (Fsp3) is 0.294. The standard InChI is InChI=1S/C17H20ClFN2/c1-11-7-8-15(12(2)9-11)21(3)16(10-20)13-5-4-6-14(18)17(13)19/h4-9,16H,10,20H2,1-3H3. The van der Waals surface area contributed by atoms with Crippen LogP contribution in [0.5, 0.6) is 0 Å². The van der Waals surface area contributed by atoms with E-state index in [0.29, 0.717) is 12.1 Å². The number of likely N-dealkylation sites (N-methyl/N-ethyl adjacent to an activating group) is 1. The van der Waals surface area contributed by atoms with E-state index >= 15 is 0 Å². The molecule has 0 aromatic heterocycles. The highest BCUT2D eigenvalue weighted by molar-refractivity contribution is 6.30. The van der Waals surface area contributed by atoms with Crippen LogP contribution in [0, 0.1) is 19.7 Å². The maximum atomic E-state index is 14.3. The highest BCUT2D eigenvalue weighted by atomic mass is 35.5. The van der Waals surface area contributed by atoms with Gasteiger partial charge >= 0.3 is 0 Å². The van der Waals surface area contributed by atoms with Crippen molar-refractivity contribution < 1.29 is 4.39 Å². The van der Waals surface area contributed by atoms with Gasteiger partial charge in [-0.2, -0.15) is 0 Å². The van der Waals surface area contributed by atoms with Crippen molar-refractivity contribution in [1.82, 2.24) is 0 Å². The van der Waals surface area contributed by atoms with Gasteiger partial charge in [-0.15, -0.1) is 0 Å². The van der Waals surface area contributed by atoms with Crippen LogP contribution in [-0.2, 0) is 0 Å². The van der Waals surface area contributed by atoms with Crippen LogP contribution in [0.15, 0.2) is 36.4 Å². The van der Waals surface area contributed by atoms with Gasteiger partial charge in [0.15, 0.2) is 0 Å². The van der Waals surface area contributed by atoms with Crippen molar-refractivity contribution in [2.24, 2.45) is 5.73 Å². The molecule has 2 aromatic carbocycles. The van der Waals surface area contributed by atoms with E-state index < -0.39 is 5.82 Å². The lowest BCUT2D eigenvalue weighted by Gasteiger charge is -2.31. The second-order valence-corrected chi connectivity index (χ2v) is 5.70. The lowest BCUT2D eigenvalue weighted by atomic mass is 10.0. The number of benzene rings is 2. The van der Waals surface area contributed by atoms with E-state index in [9.17, 15) is 4.39 Å². The molecule has 2 aromatic rings. The van der Waals surface area contributed by atoms with Gasteiger partial charge in [0.1, 0.15) is 5.82 Å². The van der Waals surface area contributed by atoms with Crippen molar-refractivity contribution in [1.29, 1.82) is 0 Å². The molecule has 0 saturated carbocycles. The summed E-state index contributed by atoms with van der Waals surface area (Å²) >= 11 is 5.88. The second-order valence-electron chi connectivity index (χ2n) is 5.30. The molecule has 2 rings (SSSR count). The van der Waals surface area contributed by atoms with E-state index in [4.69, 9.17) is 17.3 Å². The average molecular weight is 307 g/mol. The third kappa shape index (κ3) is 3.20. The number of halogens is 2. The zero-order chi connectivity index (χ0) is 15.6. The normalized spacial score (nSPS) is 12.3. The zero-order valence-electron chi connectivity index (χ0n) is 12.5. The van der Waals surface area contributed by atoms with Gasteiger partial charge in [-0.1, -0.05) is 41.4 Å². The fourth-order valence-electron chi connectivity index (χ4n) is 2.64. The summed E-state index contributed by atoms with van der Waals surface area (Å²) in [5.41, 5.74) is 9.78. The Hall–Kier alpha value is -1.58. The van der Waals surface area contributed by atoms with Crippen LogP contribution in [0.4, 0.5) is 10.1 Å². The number of rotatable bonds is 4. The first-order valence-corrected chi connectivity index (χ1v) is 7.27. The molecule has 21 heavy (non-hydrogen) atoms. The lowest BCUT2D eigenvalue weighted by molar-refractivity contribution is 0.573. The van der Waals surface area contributed by atoms with Gasteiger partial charge in [0.25, 0.3) is 0 Å². The summed E-state index contributed by atoms with van der Waals surface area (Å²) < 4.78 is 14.3. The number of hydrogen-bond donors (Lipinski definition) is 1. The van der Waals surface area contributed by atoms with E-state index in [1.54, 1.807) is 18.2 Å². The average Bonchev–Trinajstić information content (AvgIpc) is 2.44. The molecular weight excluding hydrogens is 287 g/mol. The first kappa shape index (κ1) is 15.8. The maximum Gasteiger partial charge on any atom is 0.147 e. The Kier molecular flexibility index (Phi) is 4.86. The molecule has 0 aliphatic heterocycles. The quantitative estimate of drug-likeness (QED) is 0.916. The van der Waals surface area contributed by atoms with Crippen molar-refractivity contribution >= 4 is 17.3 Å². The highest BCUT2D eigenvalue weighted by Gasteiger charge is 2.21. The molecule has 0 bridgehead atoms. The lowest BCUT2D eigenvalue weighted by Crippen LogP contribution is -2.31. The molecule has 0 heterocycles. The van der Waals surface area contributed by atoms with Crippen LogP contribution in [0.1, 0.15) is 22.7 Å². The first-order chi connectivity index (χ1) is 9.95. The minimum Gasteiger partial charge on any atom is -0.366 e. The number of anilines is 1. The summed E-state index contributed by atoms with van der Waals surface area (Å²) in [6.07, 6.45) is 0. The summed E-state index contributed by atoms with van der Waals surface area (Å²) in [7, 11) is 1.93. The van der Waals surface area contributed by atoms with Crippen LogP contribution >= 0.6 is 11.6 Å². The monoisotopic (exact) mass is 306 g/mol. The van der Waals surface area contributed by atoms with Gasteiger partial charge in [0.2, 0.25) is 0 Å². The van der Waals surface area contributed by atoms with E-state index in [-0.39, 0.29) is 11.1 Å². The molecule has 0 aliphatic rings. The highest BCUT2D eigenvalue weighted by Crippen LogP contribution is 2.31.